The van der Waals surface area contributed by atoms with Crippen LogP contribution in [-0.2, 0) is 47.5 Å². The quantitative estimate of drug-likeness (QED) is 0.174. The Hall–Kier alpha value is -1.70. The largest absolute Gasteiger partial charge is 0.459 e. The molecule has 2 saturated carbocycles. The Balaban J connectivity index is 1.44. The van der Waals surface area contributed by atoms with E-state index in [-0.39, 0.29) is 29.8 Å². The number of carbonyl (C=O) groups excluding carboxylic acids is 2. The van der Waals surface area contributed by atoms with Crippen LogP contribution < -0.4 is 0 Å². The molecule has 11 nitrogen and oxygen atoms in total. The van der Waals surface area contributed by atoms with Gasteiger partial charge in [-0.15, -0.1) is 0 Å². The summed E-state index contributed by atoms with van der Waals surface area (Å²) in [4.78, 5) is 27.4. The van der Waals surface area contributed by atoms with Crippen molar-refractivity contribution in [1.29, 1.82) is 0 Å². The second-order valence-corrected chi connectivity index (χ2v) is 15.2. The predicted octanol–water partition coefficient (Wildman–Crippen LogP) is 3.13. The fourth-order valence-corrected chi connectivity index (χ4v) is 11.1. The van der Waals surface area contributed by atoms with Gasteiger partial charge in [-0.1, -0.05) is 40.7 Å². The molecule has 3 saturated heterocycles. The second kappa shape index (κ2) is 9.92. The molecule has 7 rings (SSSR count). The molecule has 0 unspecified atom stereocenters. The molecule has 0 aromatic heterocycles. The van der Waals surface area contributed by atoms with Gasteiger partial charge in [0.25, 0.3) is 0 Å². The van der Waals surface area contributed by atoms with E-state index in [1.54, 1.807) is 27.4 Å². The third-order valence-corrected chi connectivity index (χ3v) is 13.4. The minimum Gasteiger partial charge on any atom is -0.459 e. The van der Waals surface area contributed by atoms with Gasteiger partial charge < -0.3 is 47.8 Å². The number of rotatable bonds is 9. The molecule has 3 aliphatic carbocycles. The number of esters is 1. The standard InChI is InChI=1S/C34H48O11/c1-10-17(2)26(36)43-25-22-23-29(3,16-41-22)11-12-33(37)31(23,5)24(28(40-9)45-33)32(25,6)34-20(44-34)14-19(30(34,4)15-35)18-13-21(38-7)42-27(18)39-8/h11-13,15,17,19-25,27-28,37H,10,14,16H2,1-9H3/t17-,19+,20-,21-,22-,23+,24+,25-,27+,28-,29+,30+,31+,32+,33+,34-/m1/s1. The first-order valence-electron chi connectivity index (χ1n) is 16.2. The number of epoxide rings is 1. The van der Waals surface area contributed by atoms with E-state index in [0.717, 1.165) is 11.9 Å². The van der Waals surface area contributed by atoms with E-state index in [9.17, 15) is 14.7 Å². The van der Waals surface area contributed by atoms with Gasteiger partial charge in [0, 0.05) is 55.3 Å². The number of aliphatic hydroxyl groups is 1. The number of fused-ring (bicyclic) bond motifs is 1. The molecule has 4 aliphatic heterocycles. The Kier molecular flexibility index (Phi) is 7.02. The summed E-state index contributed by atoms with van der Waals surface area (Å²) < 4.78 is 49.8. The summed E-state index contributed by atoms with van der Waals surface area (Å²) in [6.07, 6.45) is 3.70. The van der Waals surface area contributed by atoms with E-state index >= 15 is 0 Å². The molecule has 0 aromatic rings. The van der Waals surface area contributed by atoms with Gasteiger partial charge in [0.05, 0.1) is 30.1 Å². The van der Waals surface area contributed by atoms with Crippen molar-refractivity contribution < 1.29 is 52.6 Å². The molecule has 0 radical (unpaired) electrons. The minimum absolute atomic E-state index is 0.285. The highest BCUT2D eigenvalue weighted by Gasteiger charge is 2.91. The van der Waals surface area contributed by atoms with E-state index in [2.05, 4.69) is 6.92 Å². The summed E-state index contributed by atoms with van der Waals surface area (Å²) in [6, 6.07) is 0. The van der Waals surface area contributed by atoms with Crippen molar-refractivity contribution in [1.82, 2.24) is 0 Å². The van der Waals surface area contributed by atoms with Crippen molar-refractivity contribution in [3.8, 4) is 0 Å². The number of aldehydes is 1. The minimum atomic E-state index is -1.69. The van der Waals surface area contributed by atoms with Crippen molar-refractivity contribution >= 4 is 12.3 Å². The lowest BCUT2D eigenvalue weighted by Crippen LogP contribution is -2.74. The van der Waals surface area contributed by atoms with Gasteiger partial charge in [-0.2, -0.15) is 0 Å². The van der Waals surface area contributed by atoms with Gasteiger partial charge in [0.2, 0.25) is 0 Å². The lowest BCUT2D eigenvalue weighted by molar-refractivity contribution is -0.274. The van der Waals surface area contributed by atoms with Crippen molar-refractivity contribution in [2.24, 2.45) is 45.3 Å². The van der Waals surface area contributed by atoms with Crippen LogP contribution >= 0.6 is 0 Å². The zero-order valence-electron chi connectivity index (χ0n) is 27.7. The molecule has 4 heterocycles. The highest BCUT2D eigenvalue weighted by Crippen LogP contribution is 2.81. The number of ether oxygens (including phenoxy) is 8. The van der Waals surface area contributed by atoms with Crippen LogP contribution in [0.4, 0.5) is 0 Å². The average molecular weight is 633 g/mol. The number of methoxy groups -OCH3 is 3. The third kappa shape index (κ3) is 3.54. The smallest absolute Gasteiger partial charge is 0.309 e. The summed E-state index contributed by atoms with van der Waals surface area (Å²) >= 11 is 0. The Morgan fingerprint density at radius 3 is 2.42 bits per heavy atom. The summed E-state index contributed by atoms with van der Waals surface area (Å²) in [7, 11) is 4.68. The van der Waals surface area contributed by atoms with Gasteiger partial charge in [0.15, 0.2) is 24.7 Å². The summed E-state index contributed by atoms with van der Waals surface area (Å²) in [5.41, 5.74) is -3.98. The summed E-state index contributed by atoms with van der Waals surface area (Å²) in [6.45, 7) is 12.3. The van der Waals surface area contributed by atoms with Gasteiger partial charge >= 0.3 is 5.97 Å². The SMILES string of the molecule is CC[C@@H](C)C(=O)O[C@@H]1[C@@H]2OC[C@]3(C)C=C[C@]4(O)O[C@@H](OC)[C@H]([C@]1(C)[C@@]15O[C@@H]1C[C@@H](C1=C[C@H](OC)O[C@@H]1OC)[C@]5(C)C=O)[C@]4(C)[C@@H]23. The van der Waals surface area contributed by atoms with Crippen LogP contribution in [0.5, 0.6) is 0 Å². The maximum Gasteiger partial charge on any atom is 0.309 e. The van der Waals surface area contributed by atoms with E-state index in [1.807, 2.05) is 46.8 Å². The summed E-state index contributed by atoms with van der Waals surface area (Å²) in [5.74, 6) is -3.55. The van der Waals surface area contributed by atoms with E-state index in [0.29, 0.717) is 19.4 Å². The van der Waals surface area contributed by atoms with Crippen molar-refractivity contribution in [3.63, 3.8) is 0 Å². The topological polar surface area (TPSA) is 132 Å². The first-order valence-corrected chi connectivity index (χ1v) is 16.2. The van der Waals surface area contributed by atoms with Gasteiger partial charge in [0.1, 0.15) is 18.0 Å². The van der Waals surface area contributed by atoms with Crippen LogP contribution in [0.2, 0.25) is 0 Å². The molecule has 5 fully saturated rings. The molecule has 45 heavy (non-hydrogen) atoms. The maximum absolute atomic E-state index is 13.8. The van der Waals surface area contributed by atoms with E-state index < -0.39 is 70.0 Å². The Bertz CT molecular complexity index is 1330. The zero-order valence-corrected chi connectivity index (χ0v) is 27.7. The highest BCUT2D eigenvalue weighted by atomic mass is 16.8. The van der Waals surface area contributed by atoms with Crippen LogP contribution in [0, 0.1) is 45.3 Å². The lowest BCUT2D eigenvalue weighted by Gasteiger charge is -2.64. The average Bonchev–Trinajstić information content (AvgIpc) is 3.24. The molecular formula is C34H48O11. The molecule has 250 valence electrons. The van der Waals surface area contributed by atoms with Gasteiger partial charge in [-0.05, 0) is 37.5 Å². The number of hydrogen-bond donors (Lipinski definition) is 1. The monoisotopic (exact) mass is 632 g/mol. The predicted molar refractivity (Wildman–Crippen MR) is 157 cm³/mol. The van der Waals surface area contributed by atoms with Gasteiger partial charge in [-0.3, -0.25) is 4.79 Å². The maximum atomic E-state index is 13.8. The number of carbonyl (C=O) groups is 2. The molecule has 0 aromatic carbocycles. The molecule has 0 amide bonds. The van der Waals surface area contributed by atoms with Crippen LogP contribution in [0.3, 0.4) is 0 Å². The Morgan fingerprint density at radius 1 is 1.07 bits per heavy atom. The fourth-order valence-electron chi connectivity index (χ4n) is 11.1. The number of hydrogen-bond acceptors (Lipinski definition) is 11. The zero-order chi connectivity index (χ0) is 32.5. The van der Waals surface area contributed by atoms with E-state index in [1.165, 1.54) is 0 Å². The van der Waals surface area contributed by atoms with Crippen LogP contribution in [0.15, 0.2) is 23.8 Å². The first kappa shape index (κ1) is 31.9. The molecule has 11 heteroatoms. The Labute approximate surface area is 264 Å². The van der Waals surface area contributed by atoms with E-state index in [4.69, 9.17) is 37.9 Å². The molecule has 1 N–H and O–H groups in total. The molecular weight excluding hydrogens is 584 g/mol. The third-order valence-electron chi connectivity index (χ3n) is 13.4. The van der Waals surface area contributed by atoms with Crippen molar-refractivity contribution in [2.45, 2.75) is 103 Å². The van der Waals surface area contributed by atoms with Crippen LogP contribution in [0.25, 0.3) is 0 Å². The first-order chi connectivity index (χ1) is 21.2. The van der Waals surface area contributed by atoms with Crippen LogP contribution in [-0.4, -0.2) is 93.9 Å². The normalized spacial score (nSPS) is 56.0. The van der Waals surface area contributed by atoms with Crippen molar-refractivity contribution in [2.75, 3.05) is 27.9 Å². The van der Waals surface area contributed by atoms with Crippen LogP contribution in [0.1, 0.15) is 54.4 Å². The molecule has 0 bridgehead atoms. The molecule has 0 spiro atoms. The molecule has 16 atom stereocenters. The summed E-state index contributed by atoms with van der Waals surface area (Å²) in [5, 5.41) is 12.3. The molecule has 7 aliphatic rings. The Morgan fingerprint density at radius 2 is 1.80 bits per heavy atom. The fraction of sp³-hybridized carbons (Fsp3) is 0.824. The van der Waals surface area contributed by atoms with Gasteiger partial charge in [-0.25, -0.2) is 0 Å². The lowest BCUT2D eigenvalue weighted by atomic mass is 9.39. The second-order valence-electron chi connectivity index (χ2n) is 15.2. The highest BCUT2D eigenvalue weighted by molar-refractivity contribution is 5.73. The van der Waals surface area contributed by atoms with Crippen molar-refractivity contribution in [3.05, 3.63) is 23.8 Å².